The molecule has 0 aliphatic carbocycles. The van der Waals surface area contributed by atoms with E-state index in [2.05, 4.69) is 12.2 Å². The summed E-state index contributed by atoms with van der Waals surface area (Å²) in [6.45, 7) is 4.61. The molecule has 3 unspecified atom stereocenters. The summed E-state index contributed by atoms with van der Waals surface area (Å²) in [5.74, 6) is 0.0804. The van der Waals surface area contributed by atoms with Gasteiger partial charge in [0.15, 0.2) is 0 Å². The lowest BCUT2D eigenvalue weighted by molar-refractivity contribution is -0.137. The zero-order chi connectivity index (χ0) is 13.8. The molecule has 3 atom stereocenters. The second-order valence-corrected chi connectivity index (χ2v) is 5.95. The lowest BCUT2D eigenvalue weighted by atomic mass is 9.92. The number of hydrogen-bond acceptors (Lipinski definition) is 3. The van der Waals surface area contributed by atoms with Gasteiger partial charge in [-0.25, -0.2) is 0 Å². The number of piperidine rings is 1. The maximum atomic E-state index is 12.4. The minimum Gasteiger partial charge on any atom is -0.481 e. The minimum absolute atomic E-state index is 0.162. The Labute approximate surface area is 114 Å². The number of carboxylic acids is 1. The van der Waals surface area contributed by atoms with Gasteiger partial charge in [0.2, 0.25) is 5.91 Å². The van der Waals surface area contributed by atoms with Crippen molar-refractivity contribution in [3.63, 3.8) is 0 Å². The number of carboxylic acid groups (broad SMARTS) is 1. The first-order chi connectivity index (χ1) is 9.06. The largest absolute Gasteiger partial charge is 0.481 e. The van der Waals surface area contributed by atoms with Gasteiger partial charge in [-0.15, -0.1) is 0 Å². The fraction of sp³-hybridized carbons (Fsp3) is 0.857. The number of carbonyl (C=O) groups is 2. The van der Waals surface area contributed by atoms with E-state index < -0.39 is 5.97 Å². The summed E-state index contributed by atoms with van der Waals surface area (Å²) in [4.78, 5) is 24.9. The zero-order valence-electron chi connectivity index (χ0n) is 11.6. The van der Waals surface area contributed by atoms with Crippen LogP contribution < -0.4 is 5.32 Å². The van der Waals surface area contributed by atoms with Gasteiger partial charge in [-0.2, -0.15) is 0 Å². The molecule has 2 heterocycles. The van der Waals surface area contributed by atoms with Crippen molar-refractivity contribution in [1.29, 1.82) is 0 Å². The Bertz CT molecular complexity index is 346. The van der Waals surface area contributed by atoms with E-state index in [0.717, 1.165) is 38.9 Å². The summed E-state index contributed by atoms with van der Waals surface area (Å²) in [5, 5.41) is 12.1. The molecule has 0 bridgehead atoms. The summed E-state index contributed by atoms with van der Waals surface area (Å²) >= 11 is 0. The third kappa shape index (κ3) is 3.93. The Morgan fingerprint density at radius 3 is 2.84 bits per heavy atom. The minimum atomic E-state index is -0.739. The van der Waals surface area contributed by atoms with Gasteiger partial charge >= 0.3 is 5.97 Å². The van der Waals surface area contributed by atoms with E-state index in [1.165, 1.54) is 0 Å². The molecule has 5 heteroatoms. The average Bonchev–Trinajstić information content (AvgIpc) is 2.84. The number of likely N-dealkylation sites (tertiary alicyclic amines) is 1. The van der Waals surface area contributed by atoms with E-state index in [-0.39, 0.29) is 18.2 Å². The predicted octanol–water partition coefficient (Wildman–Crippen LogP) is 1.09. The van der Waals surface area contributed by atoms with E-state index in [1.807, 2.05) is 4.90 Å². The highest BCUT2D eigenvalue weighted by atomic mass is 16.4. The van der Waals surface area contributed by atoms with Crippen molar-refractivity contribution in [3.05, 3.63) is 0 Å². The van der Waals surface area contributed by atoms with E-state index in [9.17, 15) is 9.59 Å². The predicted molar refractivity (Wildman–Crippen MR) is 71.7 cm³/mol. The third-order valence-corrected chi connectivity index (χ3v) is 4.34. The van der Waals surface area contributed by atoms with Crippen LogP contribution in [0.15, 0.2) is 0 Å². The van der Waals surface area contributed by atoms with Crippen LogP contribution in [-0.4, -0.2) is 47.6 Å². The van der Waals surface area contributed by atoms with Crippen molar-refractivity contribution in [3.8, 4) is 0 Å². The van der Waals surface area contributed by atoms with Crippen molar-refractivity contribution in [2.45, 2.75) is 45.1 Å². The number of amides is 1. The number of carbonyl (C=O) groups excluding carboxylic acids is 1. The second-order valence-electron chi connectivity index (χ2n) is 5.95. The topological polar surface area (TPSA) is 69.6 Å². The van der Waals surface area contributed by atoms with Gasteiger partial charge in [0.25, 0.3) is 0 Å². The first-order valence-corrected chi connectivity index (χ1v) is 7.30. The number of aliphatic carboxylic acids is 1. The molecular weight excluding hydrogens is 244 g/mol. The highest BCUT2D eigenvalue weighted by Crippen LogP contribution is 2.25. The van der Waals surface area contributed by atoms with Crippen LogP contribution in [0.4, 0.5) is 0 Å². The van der Waals surface area contributed by atoms with E-state index in [1.54, 1.807) is 0 Å². The Morgan fingerprint density at radius 2 is 2.16 bits per heavy atom. The molecule has 2 aliphatic rings. The smallest absolute Gasteiger partial charge is 0.303 e. The molecule has 0 saturated carbocycles. The molecule has 2 rings (SSSR count). The number of rotatable bonds is 4. The van der Waals surface area contributed by atoms with Crippen molar-refractivity contribution in [2.24, 2.45) is 11.8 Å². The van der Waals surface area contributed by atoms with Crippen LogP contribution in [0.3, 0.4) is 0 Å². The summed E-state index contributed by atoms with van der Waals surface area (Å²) in [6.07, 6.45) is 3.73. The summed E-state index contributed by atoms with van der Waals surface area (Å²) in [7, 11) is 0. The normalized spacial score (nSPS) is 31.4. The number of nitrogens with zero attached hydrogens (tertiary/aromatic N) is 1. The quantitative estimate of drug-likeness (QED) is 0.800. The number of nitrogens with one attached hydrogen (secondary N) is 1. The van der Waals surface area contributed by atoms with Gasteiger partial charge in [-0.3, -0.25) is 9.59 Å². The fourth-order valence-corrected chi connectivity index (χ4v) is 3.21. The van der Waals surface area contributed by atoms with Gasteiger partial charge in [0.1, 0.15) is 0 Å². The highest BCUT2D eigenvalue weighted by molar-refractivity contribution is 5.79. The number of hydrogen-bond donors (Lipinski definition) is 2. The molecule has 2 fully saturated rings. The third-order valence-electron chi connectivity index (χ3n) is 4.34. The molecule has 108 valence electrons. The van der Waals surface area contributed by atoms with Crippen LogP contribution in [0.25, 0.3) is 0 Å². The van der Waals surface area contributed by atoms with Gasteiger partial charge in [-0.1, -0.05) is 0 Å². The zero-order valence-corrected chi connectivity index (χ0v) is 11.6. The van der Waals surface area contributed by atoms with Crippen LogP contribution in [0, 0.1) is 11.8 Å². The van der Waals surface area contributed by atoms with Crippen molar-refractivity contribution in [1.82, 2.24) is 10.2 Å². The molecule has 2 saturated heterocycles. The lowest BCUT2D eigenvalue weighted by Gasteiger charge is -2.30. The molecule has 5 nitrogen and oxygen atoms in total. The van der Waals surface area contributed by atoms with Gasteiger partial charge in [0, 0.05) is 31.5 Å². The fourth-order valence-electron chi connectivity index (χ4n) is 3.21. The van der Waals surface area contributed by atoms with Crippen LogP contribution in [0.1, 0.15) is 39.0 Å². The summed E-state index contributed by atoms with van der Waals surface area (Å²) < 4.78 is 0. The summed E-state index contributed by atoms with van der Waals surface area (Å²) in [6, 6.07) is 0.424. The maximum Gasteiger partial charge on any atom is 0.303 e. The SMILES string of the molecule is CC1CC(C(=O)N2CCC(CCC(=O)O)C2)CCN1. The molecule has 0 aromatic rings. The monoisotopic (exact) mass is 268 g/mol. The molecule has 2 aliphatic heterocycles. The maximum absolute atomic E-state index is 12.4. The molecule has 2 N–H and O–H groups in total. The van der Waals surface area contributed by atoms with Crippen LogP contribution in [0.5, 0.6) is 0 Å². The Balaban J connectivity index is 1.79. The van der Waals surface area contributed by atoms with Crippen LogP contribution >= 0.6 is 0 Å². The van der Waals surface area contributed by atoms with E-state index in [4.69, 9.17) is 5.11 Å². The summed E-state index contributed by atoms with van der Waals surface area (Å²) in [5.41, 5.74) is 0. The molecule has 0 radical (unpaired) electrons. The Kier molecular flexibility index (Phi) is 4.80. The standard InChI is InChI=1S/C14H24N2O3/c1-10-8-12(4-6-15-10)14(19)16-7-5-11(9-16)2-3-13(17)18/h10-12,15H,2-9H2,1H3,(H,17,18). The molecule has 0 aromatic heterocycles. The van der Waals surface area contributed by atoms with Crippen molar-refractivity contribution in [2.75, 3.05) is 19.6 Å². The Hall–Kier alpha value is -1.10. The van der Waals surface area contributed by atoms with Gasteiger partial charge in [-0.05, 0) is 45.1 Å². The van der Waals surface area contributed by atoms with Crippen LogP contribution in [-0.2, 0) is 9.59 Å². The average molecular weight is 268 g/mol. The molecule has 0 spiro atoms. The highest BCUT2D eigenvalue weighted by Gasteiger charge is 2.32. The van der Waals surface area contributed by atoms with Gasteiger partial charge < -0.3 is 15.3 Å². The molecule has 0 aromatic carbocycles. The van der Waals surface area contributed by atoms with Crippen molar-refractivity contribution < 1.29 is 14.7 Å². The molecule has 1 amide bonds. The molecular formula is C14H24N2O3. The van der Waals surface area contributed by atoms with Gasteiger partial charge in [0.05, 0.1) is 0 Å². The first-order valence-electron chi connectivity index (χ1n) is 7.30. The first kappa shape index (κ1) is 14.3. The van der Waals surface area contributed by atoms with Crippen molar-refractivity contribution >= 4 is 11.9 Å². The van der Waals surface area contributed by atoms with Crippen LogP contribution in [0.2, 0.25) is 0 Å². The second kappa shape index (κ2) is 6.37. The van der Waals surface area contributed by atoms with E-state index in [0.29, 0.717) is 18.4 Å². The van der Waals surface area contributed by atoms with E-state index >= 15 is 0 Å². The lowest BCUT2D eigenvalue weighted by Crippen LogP contribution is -2.43. The Morgan fingerprint density at radius 1 is 1.37 bits per heavy atom. The molecule has 19 heavy (non-hydrogen) atoms.